The lowest BCUT2D eigenvalue weighted by molar-refractivity contribution is 0.0699. The summed E-state index contributed by atoms with van der Waals surface area (Å²) in [5.74, 6) is 0.829. The first kappa shape index (κ1) is 11.6. The molecule has 1 fully saturated rings. The van der Waals surface area contributed by atoms with Gasteiger partial charge in [-0.15, -0.1) is 11.8 Å². The van der Waals surface area contributed by atoms with Crippen molar-refractivity contribution in [1.29, 1.82) is 0 Å². The number of carboxylic acids is 1. The van der Waals surface area contributed by atoms with Gasteiger partial charge in [0.05, 0.1) is 10.8 Å². The Morgan fingerprint density at radius 2 is 2.33 bits per heavy atom. The number of nitrogens with zero attached hydrogens (tertiary/aromatic N) is 1. The van der Waals surface area contributed by atoms with Crippen molar-refractivity contribution >= 4 is 28.8 Å². The highest BCUT2D eigenvalue weighted by molar-refractivity contribution is 7.99. The van der Waals surface area contributed by atoms with Crippen molar-refractivity contribution < 1.29 is 14.3 Å². The lowest BCUT2D eigenvalue weighted by Crippen LogP contribution is -2.02. The number of hydrogen-bond acceptors (Lipinski definition) is 4. The van der Waals surface area contributed by atoms with Gasteiger partial charge in [0.1, 0.15) is 5.52 Å². The average Bonchev–Trinajstić information content (AvgIpc) is 2.83. The fraction of sp³-hybridized carbons (Fsp3) is 0.385. The first-order chi connectivity index (χ1) is 8.75. The Morgan fingerprint density at radius 1 is 1.44 bits per heavy atom. The smallest absolute Gasteiger partial charge is 0.338 e. The van der Waals surface area contributed by atoms with E-state index in [1.807, 2.05) is 11.8 Å². The van der Waals surface area contributed by atoms with Crippen molar-refractivity contribution in [3.63, 3.8) is 0 Å². The molecule has 2 heterocycles. The van der Waals surface area contributed by atoms with E-state index in [9.17, 15) is 4.79 Å². The third-order valence-corrected chi connectivity index (χ3v) is 4.49. The minimum Gasteiger partial charge on any atom is -0.478 e. The molecule has 1 aromatic heterocycles. The summed E-state index contributed by atoms with van der Waals surface area (Å²) in [5.41, 5.74) is 1.24. The normalized spacial score (nSPS) is 20.1. The molecule has 0 spiro atoms. The summed E-state index contributed by atoms with van der Waals surface area (Å²) in [4.78, 5) is 15.5. The third kappa shape index (κ3) is 1.99. The monoisotopic (exact) mass is 263 g/mol. The molecule has 1 aliphatic rings. The largest absolute Gasteiger partial charge is 0.478 e. The van der Waals surface area contributed by atoms with Crippen LogP contribution in [0.1, 0.15) is 40.8 Å². The molecule has 1 aliphatic heterocycles. The number of para-hydroxylation sites is 1. The van der Waals surface area contributed by atoms with Crippen LogP contribution in [0.3, 0.4) is 0 Å². The summed E-state index contributed by atoms with van der Waals surface area (Å²) >= 11 is 1.84. The zero-order valence-electron chi connectivity index (χ0n) is 9.76. The third-order valence-electron chi connectivity index (χ3n) is 3.12. The van der Waals surface area contributed by atoms with Gasteiger partial charge in [-0.2, -0.15) is 0 Å². The summed E-state index contributed by atoms with van der Waals surface area (Å²) in [5, 5.41) is 9.39. The van der Waals surface area contributed by atoms with Crippen LogP contribution < -0.4 is 0 Å². The van der Waals surface area contributed by atoms with Crippen molar-refractivity contribution in [3.8, 4) is 0 Å². The van der Waals surface area contributed by atoms with Crippen LogP contribution in [-0.4, -0.2) is 21.8 Å². The molecule has 0 bridgehead atoms. The fourth-order valence-electron chi connectivity index (χ4n) is 2.21. The molecule has 1 N–H and O–H groups in total. The molecule has 0 saturated carbocycles. The van der Waals surface area contributed by atoms with Crippen molar-refractivity contribution in [1.82, 2.24) is 4.98 Å². The second-order valence-electron chi connectivity index (χ2n) is 4.36. The van der Waals surface area contributed by atoms with Crippen LogP contribution in [0.25, 0.3) is 11.1 Å². The Kier molecular flexibility index (Phi) is 2.99. The molecule has 5 heteroatoms. The van der Waals surface area contributed by atoms with E-state index in [1.165, 1.54) is 12.8 Å². The molecule has 4 nitrogen and oxygen atoms in total. The van der Waals surface area contributed by atoms with Gasteiger partial charge in [-0.3, -0.25) is 0 Å². The standard InChI is InChI=1S/C13H13NO3S/c15-13(16)8-4-3-5-9-11(8)14-12(17-9)10-6-1-2-7-18-10/h3-5,10H,1-2,6-7H2,(H,15,16). The number of aromatic carboxylic acids is 1. The minimum absolute atomic E-state index is 0.211. The van der Waals surface area contributed by atoms with Crippen LogP contribution in [0.4, 0.5) is 0 Å². The predicted octanol–water partition coefficient (Wildman–Crippen LogP) is 3.48. The Balaban J connectivity index is 2.04. The fourth-order valence-corrected chi connectivity index (χ4v) is 3.44. The number of benzene rings is 1. The van der Waals surface area contributed by atoms with E-state index in [-0.39, 0.29) is 10.8 Å². The first-order valence-corrected chi connectivity index (χ1v) is 7.05. The number of fused-ring (bicyclic) bond motifs is 1. The molecule has 18 heavy (non-hydrogen) atoms. The summed E-state index contributed by atoms with van der Waals surface area (Å²) in [6.07, 6.45) is 3.48. The highest BCUT2D eigenvalue weighted by atomic mass is 32.2. The summed E-state index contributed by atoms with van der Waals surface area (Å²) in [6, 6.07) is 5.02. The second-order valence-corrected chi connectivity index (χ2v) is 5.68. The maximum atomic E-state index is 11.1. The molecule has 94 valence electrons. The van der Waals surface area contributed by atoms with Gasteiger partial charge >= 0.3 is 5.97 Å². The van der Waals surface area contributed by atoms with Crippen LogP contribution in [0, 0.1) is 0 Å². The average molecular weight is 263 g/mol. The molecule has 1 unspecified atom stereocenters. The Hall–Kier alpha value is -1.49. The van der Waals surface area contributed by atoms with Gasteiger partial charge in [0.25, 0.3) is 0 Å². The van der Waals surface area contributed by atoms with Gasteiger partial charge in [0, 0.05) is 0 Å². The lowest BCUT2D eigenvalue weighted by atomic mass is 10.2. The van der Waals surface area contributed by atoms with Crippen LogP contribution in [0.2, 0.25) is 0 Å². The quantitative estimate of drug-likeness (QED) is 0.898. The number of aromatic nitrogens is 1. The van der Waals surface area contributed by atoms with E-state index in [2.05, 4.69) is 4.98 Å². The van der Waals surface area contributed by atoms with Gasteiger partial charge in [0.15, 0.2) is 5.58 Å². The minimum atomic E-state index is -0.961. The Morgan fingerprint density at radius 3 is 3.06 bits per heavy atom. The van der Waals surface area contributed by atoms with Crippen LogP contribution in [0.5, 0.6) is 0 Å². The molecular weight excluding hydrogens is 250 g/mol. The zero-order chi connectivity index (χ0) is 12.5. The van der Waals surface area contributed by atoms with Crippen LogP contribution in [-0.2, 0) is 0 Å². The number of carboxylic acid groups (broad SMARTS) is 1. The van der Waals surface area contributed by atoms with Gasteiger partial charge in [-0.25, -0.2) is 9.78 Å². The number of thioether (sulfide) groups is 1. The summed E-state index contributed by atoms with van der Waals surface area (Å²) in [7, 11) is 0. The van der Waals surface area contributed by atoms with Crippen molar-refractivity contribution in [3.05, 3.63) is 29.7 Å². The van der Waals surface area contributed by atoms with E-state index in [0.717, 1.165) is 12.2 Å². The predicted molar refractivity (Wildman–Crippen MR) is 70.0 cm³/mol. The van der Waals surface area contributed by atoms with E-state index in [1.54, 1.807) is 18.2 Å². The van der Waals surface area contributed by atoms with E-state index < -0.39 is 5.97 Å². The molecule has 1 aromatic carbocycles. The zero-order valence-corrected chi connectivity index (χ0v) is 10.6. The van der Waals surface area contributed by atoms with E-state index >= 15 is 0 Å². The van der Waals surface area contributed by atoms with Crippen LogP contribution in [0.15, 0.2) is 22.6 Å². The molecule has 1 saturated heterocycles. The molecule has 2 aromatic rings. The van der Waals surface area contributed by atoms with E-state index in [0.29, 0.717) is 17.0 Å². The number of oxazole rings is 1. The van der Waals surface area contributed by atoms with Gasteiger partial charge in [0.2, 0.25) is 5.89 Å². The van der Waals surface area contributed by atoms with Gasteiger partial charge in [-0.05, 0) is 30.7 Å². The maximum absolute atomic E-state index is 11.1. The molecular formula is C13H13NO3S. The number of carbonyl (C=O) groups is 1. The summed E-state index contributed by atoms with van der Waals surface area (Å²) < 4.78 is 5.70. The van der Waals surface area contributed by atoms with E-state index in [4.69, 9.17) is 9.52 Å². The second kappa shape index (κ2) is 4.65. The SMILES string of the molecule is O=C(O)c1cccc2oc(C3CCCCS3)nc12. The number of rotatable bonds is 2. The molecule has 0 aliphatic carbocycles. The molecule has 0 amide bonds. The summed E-state index contributed by atoms with van der Waals surface area (Å²) in [6.45, 7) is 0. The maximum Gasteiger partial charge on any atom is 0.338 e. The highest BCUT2D eigenvalue weighted by Gasteiger charge is 2.23. The van der Waals surface area contributed by atoms with Crippen molar-refractivity contribution in [2.75, 3.05) is 5.75 Å². The van der Waals surface area contributed by atoms with Crippen LogP contribution >= 0.6 is 11.8 Å². The Bertz CT molecular complexity index is 587. The first-order valence-electron chi connectivity index (χ1n) is 6.00. The van der Waals surface area contributed by atoms with Gasteiger partial charge in [-0.1, -0.05) is 12.5 Å². The topological polar surface area (TPSA) is 63.3 Å². The number of hydrogen-bond donors (Lipinski definition) is 1. The van der Waals surface area contributed by atoms with Gasteiger partial charge < -0.3 is 9.52 Å². The Labute approximate surface area is 108 Å². The van der Waals surface area contributed by atoms with Crippen molar-refractivity contribution in [2.24, 2.45) is 0 Å². The molecule has 1 atom stereocenters. The van der Waals surface area contributed by atoms with Crippen molar-refractivity contribution in [2.45, 2.75) is 24.5 Å². The molecule has 3 rings (SSSR count). The highest BCUT2D eigenvalue weighted by Crippen LogP contribution is 2.39. The lowest BCUT2D eigenvalue weighted by Gasteiger charge is -2.17. The molecule has 0 radical (unpaired) electrons.